The number of hydrogen-bond donors (Lipinski definition) is 0. The highest BCUT2D eigenvalue weighted by Crippen LogP contribution is 2.16. The molecule has 2 aromatic heterocycles. The molecule has 3 aromatic rings. The third-order valence-electron chi connectivity index (χ3n) is 5.28. The number of thioether (sulfide) groups is 1. The van der Waals surface area contributed by atoms with Gasteiger partial charge in [-0.2, -0.15) is 0 Å². The summed E-state index contributed by atoms with van der Waals surface area (Å²) < 4.78 is 2.03. The number of rotatable bonds is 5. The largest absolute Gasteiger partial charge is 0.340 e. The minimum atomic E-state index is 0.0429. The normalized spacial score (nSPS) is 14.7. The van der Waals surface area contributed by atoms with E-state index in [2.05, 4.69) is 18.1 Å². The number of amides is 2. The average molecular weight is 423 g/mol. The number of carbonyl (C=O) groups excluding carboxylic acids is 2. The van der Waals surface area contributed by atoms with Gasteiger partial charge in [-0.15, -0.1) is 11.8 Å². The molecule has 1 saturated heterocycles. The maximum absolute atomic E-state index is 12.7. The Bertz CT molecular complexity index is 1030. The van der Waals surface area contributed by atoms with Gasteiger partial charge in [0.1, 0.15) is 5.65 Å². The van der Waals surface area contributed by atoms with E-state index < -0.39 is 0 Å². The average Bonchev–Trinajstić information content (AvgIpc) is 2.99. The second kappa shape index (κ2) is 9.34. The van der Waals surface area contributed by atoms with Gasteiger partial charge in [0.05, 0.1) is 11.4 Å². The number of hydrogen-bond acceptors (Lipinski definition) is 4. The summed E-state index contributed by atoms with van der Waals surface area (Å²) in [6, 6.07) is 13.4. The Labute approximate surface area is 180 Å². The van der Waals surface area contributed by atoms with Crippen molar-refractivity contribution in [2.24, 2.45) is 0 Å². The Morgan fingerprint density at radius 3 is 2.57 bits per heavy atom. The Kier molecular flexibility index (Phi) is 6.38. The predicted octanol–water partition coefficient (Wildman–Crippen LogP) is 3.25. The van der Waals surface area contributed by atoms with Crippen LogP contribution in [0.2, 0.25) is 0 Å². The molecule has 0 aliphatic carbocycles. The first-order chi connectivity index (χ1) is 14.6. The van der Waals surface area contributed by atoms with Crippen LogP contribution < -0.4 is 0 Å². The van der Waals surface area contributed by atoms with Gasteiger partial charge in [0.25, 0.3) is 5.91 Å². The van der Waals surface area contributed by atoms with E-state index in [1.807, 2.05) is 62.9 Å². The lowest BCUT2D eigenvalue weighted by Gasteiger charge is -2.22. The van der Waals surface area contributed by atoms with Crippen LogP contribution in [0.15, 0.2) is 54.9 Å². The van der Waals surface area contributed by atoms with Crippen LogP contribution in [-0.2, 0) is 10.5 Å². The molecule has 4 rings (SSSR count). The molecule has 6 nitrogen and oxygen atoms in total. The van der Waals surface area contributed by atoms with Crippen molar-refractivity contribution in [3.63, 3.8) is 0 Å². The molecular formula is C23H26N4O2S. The number of aromatic nitrogens is 2. The molecule has 0 N–H and O–H groups in total. The van der Waals surface area contributed by atoms with E-state index in [0.29, 0.717) is 43.2 Å². The summed E-state index contributed by atoms with van der Waals surface area (Å²) in [4.78, 5) is 33.7. The third-order valence-corrected chi connectivity index (χ3v) is 6.23. The van der Waals surface area contributed by atoms with Crippen molar-refractivity contribution in [1.82, 2.24) is 19.2 Å². The van der Waals surface area contributed by atoms with Crippen LogP contribution in [0.4, 0.5) is 0 Å². The van der Waals surface area contributed by atoms with E-state index in [9.17, 15) is 9.59 Å². The number of imidazole rings is 1. The number of aryl methyl sites for hydroxylation is 1. The van der Waals surface area contributed by atoms with Crippen molar-refractivity contribution in [3.05, 3.63) is 71.7 Å². The molecule has 2 amide bonds. The summed E-state index contributed by atoms with van der Waals surface area (Å²) in [7, 11) is 0. The third kappa shape index (κ3) is 4.84. The minimum absolute atomic E-state index is 0.0429. The molecule has 0 saturated carbocycles. The summed E-state index contributed by atoms with van der Waals surface area (Å²) in [5.74, 6) is 1.31. The van der Waals surface area contributed by atoms with Gasteiger partial charge in [0.15, 0.2) is 0 Å². The van der Waals surface area contributed by atoms with Gasteiger partial charge in [-0.05, 0) is 37.1 Å². The molecule has 1 aliphatic heterocycles. The molecule has 7 heteroatoms. The Morgan fingerprint density at radius 1 is 0.967 bits per heavy atom. The Morgan fingerprint density at radius 2 is 1.73 bits per heavy atom. The van der Waals surface area contributed by atoms with E-state index in [1.165, 1.54) is 5.56 Å². The van der Waals surface area contributed by atoms with Gasteiger partial charge in [0.2, 0.25) is 5.91 Å². The fraction of sp³-hybridized carbons (Fsp3) is 0.348. The van der Waals surface area contributed by atoms with Crippen LogP contribution >= 0.6 is 11.8 Å². The smallest absolute Gasteiger partial charge is 0.253 e. The lowest BCUT2D eigenvalue weighted by Crippen LogP contribution is -2.38. The van der Waals surface area contributed by atoms with Crippen LogP contribution in [0.3, 0.4) is 0 Å². The highest BCUT2D eigenvalue weighted by molar-refractivity contribution is 7.99. The van der Waals surface area contributed by atoms with Crippen LogP contribution in [0.25, 0.3) is 5.65 Å². The number of fused-ring (bicyclic) bond motifs is 1. The zero-order valence-electron chi connectivity index (χ0n) is 17.2. The van der Waals surface area contributed by atoms with Gasteiger partial charge in [0, 0.05) is 49.9 Å². The summed E-state index contributed by atoms with van der Waals surface area (Å²) >= 11 is 1.59. The molecule has 1 aliphatic rings. The topological polar surface area (TPSA) is 57.9 Å². The molecule has 1 fully saturated rings. The molecule has 30 heavy (non-hydrogen) atoms. The molecule has 3 heterocycles. The highest BCUT2D eigenvalue weighted by atomic mass is 32.2. The van der Waals surface area contributed by atoms with Crippen LogP contribution in [0.1, 0.15) is 28.0 Å². The molecule has 156 valence electrons. The van der Waals surface area contributed by atoms with E-state index in [4.69, 9.17) is 0 Å². The van der Waals surface area contributed by atoms with Crippen molar-refractivity contribution in [2.45, 2.75) is 19.1 Å². The van der Waals surface area contributed by atoms with E-state index in [-0.39, 0.29) is 11.8 Å². The lowest BCUT2D eigenvalue weighted by molar-refractivity contribution is -0.128. The van der Waals surface area contributed by atoms with Crippen molar-refractivity contribution in [1.29, 1.82) is 0 Å². The van der Waals surface area contributed by atoms with Crippen molar-refractivity contribution in [3.8, 4) is 0 Å². The molecule has 0 bridgehead atoms. The van der Waals surface area contributed by atoms with Gasteiger partial charge in [-0.1, -0.05) is 24.3 Å². The van der Waals surface area contributed by atoms with Crippen molar-refractivity contribution < 1.29 is 9.59 Å². The summed E-state index contributed by atoms with van der Waals surface area (Å²) in [6.07, 6.45) is 4.89. The Balaban J connectivity index is 1.27. The first-order valence-electron chi connectivity index (χ1n) is 10.2. The molecule has 0 spiro atoms. The number of pyridine rings is 1. The zero-order chi connectivity index (χ0) is 20.9. The first-order valence-corrected chi connectivity index (χ1v) is 11.4. The molecule has 0 atom stereocenters. The van der Waals surface area contributed by atoms with Gasteiger partial charge in [-0.25, -0.2) is 4.98 Å². The summed E-state index contributed by atoms with van der Waals surface area (Å²) in [6.45, 7) is 4.61. The Hall–Kier alpha value is -2.80. The number of benzene rings is 1. The zero-order valence-corrected chi connectivity index (χ0v) is 18.0. The van der Waals surface area contributed by atoms with Gasteiger partial charge < -0.3 is 14.2 Å². The molecular weight excluding hydrogens is 396 g/mol. The second-order valence-electron chi connectivity index (χ2n) is 7.59. The molecule has 0 unspecified atom stereocenters. The van der Waals surface area contributed by atoms with Gasteiger partial charge in [-0.3, -0.25) is 9.59 Å². The first kappa shape index (κ1) is 20.5. The number of carbonyl (C=O) groups is 2. The second-order valence-corrected chi connectivity index (χ2v) is 8.58. The van der Waals surface area contributed by atoms with Crippen LogP contribution in [0.5, 0.6) is 0 Å². The van der Waals surface area contributed by atoms with Crippen molar-refractivity contribution >= 4 is 29.2 Å². The molecule has 0 radical (unpaired) electrons. The monoisotopic (exact) mass is 422 g/mol. The summed E-state index contributed by atoms with van der Waals surface area (Å²) in [5.41, 5.74) is 3.80. The van der Waals surface area contributed by atoms with E-state index in [1.54, 1.807) is 11.8 Å². The molecule has 1 aromatic carbocycles. The maximum Gasteiger partial charge on any atom is 0.253 e. The lowest BCUT2D eigenvalue weighted by atomic mass is 10.2. The highest BCUT2D eigenvalue weighted by Gasteiger charge is 2.22. The van der Waals surface area contributed by atoms with E-state index >= 15 is 0 Å². The van der Waals surface area contributed by atoms with Gasteiger partial charge >= 0.3 is 0 Å². The van der Waals surface area contributed by atoms with E-state index in [0.717, 1.165) is 17.8 Å². The van der Waals surface area contributed by atoms with Crippen LogP contribution in [-0.4, -0.2) is 62.9 Å². The predicted molar refractivity (Wildman–Crippen MR) is 120 cm³/mol. The maximum atomic E-state index is 12.7. The fourth-order valence-corrected chi connectivity index (χ4v) is 4.50. The summed E-state index contributed by atoms with van der Waals surface area (Å²) in [5, 5.41) is 0. The van der Waals surface area contributed by atoms with Crippen molar-refractivity contribution in [2.75, 3.05) is 31.9 Å². The SMILES string of the molecule is Cc1ccc2nc(CSCC(=O)N3CCCN(C(=O)c4ccccc4)CC3)cn2c1. The standard InChI is InChI=1S/C23H26N4O2S/c1-18-8-9-21-24-20(15-27(21)14-18)16-30-17-22(28)25-10-5-11-26(13-12-25)23(29)19-6-3-2-4-7-19/h2-4,6-9,14-15H,5,10-13,16-17H2,1H3. The van der Waals surface area contributed by atoms with Crippen LogP contribution in [0, 0.1) is 6.92 Å². The number of nitrogens with zero attached hydrogens (tertiary/aromatic N) is 4. The minimum Gasteiger partial charge on any atom is -0.340 e. The quantitative estimate of drug-likeness (QED) is 0.633. The fourth-order valence-electron chi connectivity index (χ4n) is 3.69.